The van der Waals surface area contributed by atoms with Crippen molar-refractivity contribution in [1.29, 1.82) is 0 Å². The van der Waals surface area contributed by atoms with Crippen molar-refractivity contribution in [3.63, 3.8) is 0 Å². The maximum Gasteiger partial charge on any atom is 0.230 e. The van der Waals surface area contributed by atoms with Gasteiger partial charge in [0.05, 0.1) is 6.04 Å². The summed E-state index contributed by atoms with van der Waals surface area (Å²) >= 11 is 0. The molecule has 2 fully saturated rings. The molecule has 11 nitrogen and oxygen atoms in total. The Hall–Kier alpha value is -1.63. The predicted molar refractivity (Wildman–Crippen MR) is 213 cm³/mol. The van der Waals surface area contributed by atoms with E-state index in [2.05, 4.69) is 114 Å². The number of anilines is 2. The molecule has 1 unspecified atom stereocenters. The lowest BCUT2D eigenvalue weighted by Crippen LogP contribution is -2.63. The maximum absolute atomic E-state index is 7.01. The summed E-state index contributed by atoms with van der Waals surface area (Å²) in [5.74, 6) is 2.33. The maximum atomic E-state index is 7.01. The molecule has 0 spiro atoms. The van der Waals surface area contributed by atoms with Gasteiger partial charge in [0, 0.05) is 60.4 Å². The minimum atomic E-state index is -0.287. The molecule has 11 heteroatoms. The van der Waals surface area contributed by atoms with E-state index in [1.807, 2.05) is 0 Å². The van der Waals surface area contributed by atoms with Gasteiger partial charge in [-0.05, 0) is 140 Å². The summed E-state index contributed by atoms with van der Waals surface area (Å²) in [5, 5.41) is 7.01. The Morgan fingerprint density at radius 3 is 1.44 bits per heavy atom. The van der Waals surface area contributed by atoms with Crippen molar-refractivity contribution in [3.8, 4) is 0 Å². The Morgan fingerprint density at radius 1 is 0.660 bits per heavy atom. The predicted octanol–water partition coefficient (Wildman–Crippen LogP) is 5.31. The van der Waals surface area contributed by atoms with Crippen molar-refractivity contribution in [2.24, 2.45) is 11.5 Å². The molecule has 6 N–H and O–H groups in total. The highest BCUT2D eigenvalue weighted by molar-refractivity contribution is 5.42. The summed E-state index contributed by atoms with van der Waals surface area (Å²) in [5.41, 5.74) is 12.8. The molecule has 0 bridgehead atoms. The molecule has 0 amide bonds. The third-order valence-electron chi connectivity index (χ3n) is 12.1. The fourth-order valence-electron chi connectivity index (χ4n) is 8.46. The molecular weight excluding hydrogens is 623 g/mol. The lowest BCUT2D eigenvalue weighted by Gasteiger charge is -2.56. The van der Waals surface area contributed by atoms with E-state index in [9.17, 15) is 0 Å². The summed E-state index contributed by atoms with van der Waals surface area (Å²) in [6.07, 6.45) is 10.4. The van der Waals surface area contributed by atoms with Gasteiger partial charge in [-0.3, -0.25) is 9.80 Å². The zero-order chi connectivity index (χ0) is 37.3. The van der Waals surface area contributed by atoms with Crippen LogP contribution in [0.4, 0.5) is 11.9 Å². The van der Waals surface area contributed by atoms with Crippen molar-refractivity contribution >= 4 is 11.9 Å². The monoisotopic (exact) mass is 702 g/mol. The van der Waals surface area contributed by atoms with E-state index >= 15 is 0 Å². The molecule has 2 saturated heterocycles. The number of nitrogens with two attached hydrogens (primary N) is 2. The summed E-state index contributed by atoms with van der Waals surface area (Å²) in [6, 6.07) is 0.353. The van der Waals surface area contributed by atoms with Gasteiger partial charge in [-0.1, -0.05) is 26.7 Å². The van der Waals surface area contributed by atoms with Gasteiger partial charge in [-0.15, -0.1) is 0 Å². The number of nitrogens with one attached hydrogen (secondary N) is 2. The van der Waals surface area contributed by atoms with Crippen LogP contribution in [0.15, 0.2) is 0 Å². The molecule has 2 aliphatic rings. The second-order valence-corrected chi connectivity index (χ2v) is 17.9. The molecule has 0 aliphatic carbocycles. The van der Waals surface area contributed by atoms with E-state index in [0.717, 1.165) is 122 Å². The van der Waals surface area contributed by atoms with E-state index in [4.69, 9.17) is 26.4 Å². The lowest BCUT2D eigenvalue weighted by atomic mass is 9.77. The van der Waals surface area contributed by atoms with Gasteiger partial charge >= 0.3 is 0 Å². The van der Waals surface area contributed by atoms with Crippen LogP contribution >= 0.6 is 0 Å². The van der Waals surface area contributed by atoms with Crippen molar-refractivity contribution in [1.82, 2.24) is 35.4 Å². The van der Waals surface area contributed by atoms with Crippen LogP contribution < -0.4 is 31.9 Å². The van der Waals surface area contributed by atoms with Crippen LogP contribution in [0.25, 0.3) is 0 Å². The molecule has 3 rings (SSSR count). The Balaban J connectivity index is 2.05. The van der Waals surface area contributed by atoms with Crippen LogP contribution in [0.1, 0.15) is 145 Å². The molecule has 0 radical (unpaired) electrons. The van der Waals surface area contributed by atoms with Gasteiger partial charge < -0.3 is 31.9 Å². The van der Waals surface area contributed by atoms with Crippen molar-refractivity contribution in [3.05, 3.63) is 5.82 Å². The number of unbranched alkanes of at least 4 members (excludes halogenated alkanes) is 2. The first-order chi connectivity index (χ1) is 23.4. The van der Waals surface area contributed by atoms with Crippen molar-refractivity contribution < 1.29 is 0 Å². The molecule has 50 heavy (non-hydrogen) atoms. The molecule has 1 aromatic rings. The number of nitrogens with zero attached hydrogens (tertiary/aromatic N) is 7. The van der Waals surface area contributed by atoms with E-state index in [1.54, 1.807) is 0 Å². The van der Waals surface area contributed by atoms with Crippen molar-refractivity contribution in [2.45, 2.75) is 174 Å². The average molecular weight is 702 g/mol. The first kappa shape index (κ1) is 42.8. The highest BCUT2D eigenvalue weighted by Crippen LogP contribution is 2.42. The van der Waals surface area contributed by atoms with Crippen LogP contribution in [0, 0.1) is 0 Å². The van der Waals surface area contributed by atoms with Gasteiger partial charge in [-0.25, -0.2) is 0 Å². The van der Waals surface area contributed by atoms with Gasteiger partial charge in [-0.2, -0.15) is 15.0 Å². The fourth-order valence-corrected chi connectivity index (χ4v) is 8.46. The third kappa shape index (κ3) is 11.2. The Labute approximate surface area is 307 Å². The van der Waals surface area contributed by atoms with Crippen LogP contribution in [0.3, 0.4) is 0 Å². The average Bonchev–Trinajstić information content (AvgIpc) is 3.03. The van der Waals surface area contributed by atoms with E-state index in [-0.39, 0.29) is 28.2 Å². The molecule has 3 heterocycles. The molecule has 1 aromatic heterocycles. The van der Waals surface area contributed by atoms with E-state index in [0.29, 0.717) is 17.9 Å². The SMILES string of the molecule is CCCCN(c1nc(C(N)CCNCCNCCCN)nc(N(CCCC)C2CC(C)(C)N(C)C(C)(C)C2)n1)C1CC(C)(C)N(C)C(C)(C)C1. The molecule has 2 aliphatic heterocycles. The molecular formula is C39H79N11. The van der Waals surface area contributed by atoms with E-state index < -0.39 is 0 Å². The molecule has 0 saturated carbocycles. The minimum absolute atomic E-state index is 0.0509. The van der Waals surface area contributed by atoms with Crippen LogP contribution in [0.5, 0.6) is 0 Å². The number of hydrogen-bond acceptors (Lipinski definition) is 11. The minimum Gasteiger partial charge on any atom is -0.338 e. The van der Waals surface area contributed by atoms with Crippen LogP contribution in [-0.4, -0.2) is 119 Å². The zero-order valence-corrected chi connectivity index (χ0v) is 34.5. The molecule has 290 valence electrons. The number of rotatable bonds is 20. The third-order valence-corrected chi connectivity index (χ3v) is 12.1. The molecule has 0 aromatic carbocycles. The summed E-state index contributed by atoms with van der Waals surface area (Å²) < 4.78 is 0. The molecule has 1 atom stereocenters. The summed E-state index contributed by atoms with van der Waals surface area (Å²) in [6.45, 7) is 29.8. The quantitative estimate of drug-likeness (QED) is 0.132. The van der Waals surface area contributed by atoms with Gasteiger partial charge in [0.1, 0.15) is 0 Å². The largest absolute Gasteiger partial charge is 0.338 e. The highest BCUT2D eigenvalue weighted by atomic mass is 15.4. The first-order valence-electron chi connectivity index (χ1n) is 20.0. The second-order valence-electron chi connectivity index (χ2n) is 17.9. The van der Waals surface area contributed by atoms with E-state index in [1.165, 1.54) is 0 Å². The smallest absolute Gasteiger partial charge is 0.230 e. The Kier molecular flexibility index (Phi) is 15.8. The van der Waals surface area contributed by atoms with Crippen molar-refractivity contribution in [2.75, 3.05) is 69.7 Å². The number of hydrogen-bond donors (Lipinski definition) is 4. The fraction of sp³-hybridized carbons (Fsp3) is 0.923. The highest BCUT2D eigenvalue weighted by Gasteiger charge is 2.47. The standard InChI is InChI=1S/C39H79N11/c1-13-15-24-49(30-26-36(3,4)47(11)37(5,6)27-30)34-44-33(32(41)18-21-43-23-22-42-20-17-19-40)45-35(46-34)50(25-16-14-2)31-28-38(7,8)48(12)39(9,10)29-31/h30-32,42-43H,13-29,40-41H2,1-12H3. The Bertz CT molecular complexity index is 1040. The second kappa shape index (κ2) is 18.4. The number of piperidine rings is 2. The lowest BCUT2D eigenvalue weighted by molar-refractivity contribution is -0.0130. The number of likely N-dealkylation sites (tertiary alicyclic amines) is 2. The van der Waals surface area contributed by atoms with Gasteiger partial charge in [0.2, 0.25) is 11.9 Å². The summed E-state index contributed by atoms with van der Waals surface area (Å²) in [7, 11) is 4.57. The topological polar surface area (TPSA) is 128 Å². The Morgan fingerprint density at radius 2 is 1.06 bits per heavy atom. The summed E-state index contributed by atoms with van der Waals surface area (Å²) in [4.78, 5) is 26.2. The van der Waals surface area contributed by atoms with Crippen LogP contribution in [0.2, 0.25) is 0 Å². The van der Waals surface area contributed by atoms with Gasteiger partial charge in [0.25, 0.3) is 0 Å². The zero-order valence-electron chi connectivity index (χ0n) is 34.5. The first-order valence-corrected chi connectivity index (χ1v) is 20.0. The van der Waals surface area contributed by atoms with Gasteiger partial charge in [0.15, 0.2) is 5.82 Å². The number of aromatic nitrogens is 3. The normalized spacial score (nSPS) is 21.7. The van der Waals surface area contributed by atoms with Crippen LogP contribution in [-0.2, 0) is 0 Å².